The number of piperidine rings is 2. The molecular formula is C21H22FN5O2S. The molecule has 7 nitrogen and oxygen atoms in total. The summed E-state index contributed by atoms with van der Waals surface area (Å²) in [6.45, 7) is 4.42. The Labute approximate surface area is 177 Å². The lowest BCUT2D eigenvalue weighted by atomic mass is 9.64. The second kappa shape index (κ2) is 7.46. The summed E-state index contributed by atoms with van der Waals surface area (Å²) in [7, 11) is 0. The van der Waals surface area contributed by atoms with Crippen LogP contribution >= 0.6 is 11.3 Å². The van der Waals surface area contributed by atoms with Gasteiger partial charge >= 0.3 is 0 Å². The highest BCUT2D eigenvalue weighted by Gasteiger charge is 2.51. The fourth-order valence-corrected chi connectivity index (χ4v) is 5.34. The standard InChI is InChI=1S/C21H22FN5O2S/c1-12-14-9-16(10-14)26(18(12)11-29-17-5-3-15(22)4-6-17)20(28)19-21(30-13(2)25-19)27-23-7-8-24-27/h3-8,12,14,16,18H,9-11H2,1-2H3/t12-,14?,16?,18?/m1/s1. The van der Waals surface area contributed by atoms with E-state index in [9.17, 15) is 9.18 Å². The number of nitrogens with zero attached hydrogens (tertiary/aromatic N) is 5. The number of hydrogen-bond donors (Lipinski definition) is 0. The van der Waals surface area contributed by atoms with Gasteiger partial charge in [-0.05, 0) is 55.9 Å². The molecule has 2 aromatic heterocycles. The molecule has 1 aliphatic carbocycles. The van der Waals surface area contributed by atoms with Gasteiger partial charge < -0.3 is 9.64 Å². The molecule has 0 radical (unpaired) electrons. The minimum atomic E-state index is -0.301. The van der Waals surface area contributed by atoms with E-state index in [2.05, 4.69) is 22.1 Å². The number of thiazole rings is 1. The summed E-state index contributed by atoms with van der Waals surface area (Å²) in [5.74, 6) is 1.11. The van der Waals surface area contributed by atoms with Gasteiger partial charge in [-0.1, -0.05) is 18.3 Å². The fraction of sp³-hybridized carbons (Fsp3) is 0.429. The number of halogens is 1. The number of carbonyl (C=O) groups is 1. The van der Waals surface area contributed by atoms with Gasteiger partial charge in [-0.2, -0.15) is 10.2 Å². The average Bonchev–Trinajstić information content (AvgIpc) is 3.35. The Kier molecular flexibility index (Phi) is 4.77. The monoisotopic (exact) mass is 427 g/mol. The molecule has 3 aliphatic rings. The molecule has 3 aromatic rings. The Balaban J connectivity index is 1.42. The third kappa shape index (κ3) is 3.27. The van der Waals surface area contributed by atoms with Gasteiger partial charge in [0.1, 0.15) is 18.2 Å². The SMILES string of the molecule is Cc1nc(C(=O)N2C3CC(C3)[C@@H](C)C2COc2ccc(F)cc2)c(-n2nccn2)s1. The van der Waals surface area contributed by atoms with Crippen molar-refractivity contribution in [3.63, 3.8) is 0 Å². The van der Waals surface area contributed by atoms with Crippen molar-refractivity contribution in [2.45, 2.75) is 38.8 Å². The number of rotatable bonds is 5. The van der Waals surface area contributed by atoms with Gasteiger partial charge in [0.15, 0.2) is 10.7 Å². The molecule has 1 amide bonds. The van der Waals surface area contributed by atoms with E-state index in [4.69, 9.17) is 4.74 Å². The van der Waals surface area contributed by atoms with Crippen molar-refractivity contribution in [2.24, 2.45) is 11.8 Å². The molecule has 0 spiro atoms. The number of fused-ring (bicyclic) bond motifs is 2. The van der Waals surface area contributed by atoms with Crippen LogP contribution in [-0.2, 0) is 0 Å². The summed E-state index contributed by atoms with van der Waals surface area (Å²) in [6.07, 6.45) is 5.20. The minimum absolute atomic E-state index is 0.0690. The number of ether oxygens (including phenoxy) is 1. The van der Waals surface area contributed by atoms with Crippen LogP contribution in [0.15, 0.2) is 36.7 Å². The maximum atomic E-state index is 13.7. The molecule has 1 unspecified atom stereocenters. The lowest BCUT2D eigenvalue weighted by Gasteiger charge is -2.56. The van der Waals surface area contributed by atoms with Gasteiger partial charge in [0, 0.05) is 6.04 Å². The van der Waals surface area contributed by atoms with Crippen molar-refractivity contribution in [2.75, 3.05) is 6.61 Å². The molecule has 6 rings (SSSR count). The van der Waals surface area contributed by atoms with Crippen LogP contribution in [0.3, 0.4) is 0 Å². The summed E-state index contributed by atoms with van der Waals surface area (Å²) >= 11 is 1.40. The summed E-state index contributed by atoms with van der Waals surface area (Å²) in [4.78, 5) is 21.6. The molecule has 2 saturated heterocycles. The van der Waals surface area contributed by atoms with Crippen molar-refractivity contribution in [1.82, 2.24) is 24.9 Å². The van der Waals surface area contributed by atoms with Gasteiger partial charge in [0.25, 0.3) is 5.91 Å². The third-order valence-electron chi connectivity index (χ3n) is 6.24. The van der Waals surface area contributed by atoms with Crippen LogP contribution in [0.1, 0.15) is 35.3 Å². The Bertz CT molecular complexity index is 1050. The van der Waals surface area contributed by atoms with E-state index < -0.39 is 0 Å². The van der Waals surface area contributed by atoms with Gasteiger partial charge in [-0.25, -0.2) is 9.37 Å². The normalized spacial score (nSPS) is 25.1. The van der Waals surface area contributed by atoms with Crippen LogP contribution in [0, 0.1) is 24.6 Å². The maximum absolute atomic E-state index is 13.7. The van der Waals surface area contributed by atoms with Crippen molar-refractivity contribution in [3.05, 3.63) is 53.2 Å². The van der Waals surface area contributed by atoms with E-state index in [1.165, 1.54) is 28.3 Å². The van der Waals surface area contributed by atoms with Crippen LogP contribution in [0.2, 0.25) is 0 Å². The summed E-state index contributed by atoms with van der Waals surface area (Å²) < 4.78 is 19.1. The zero-order chi connectivity index (χ0) is 20.8. The first-order valence-electron chi connectivity index (χ1n) is 10.1. The van der Waals surface area contributed by atoms with Crippen molar-refractivity contribution >= 4 is 17.2 Å². The number of amides is 1. The first-order valence-corrected chi connectivity index (χ1v) is 10.9. The van der Waals surface area contributed by atoms with E-state index in [1.54, 1.807) is 24.5 Å². The Morgan fingerprint density at radius 1 is 1.23 bits per heavy atom. The lowest BCUT2D eigenvalue weighted by molar-refractivity contribution is -0.0673. The smallest absolute Gasteiger partial charge is 0.276 e. The molecule has 2 atom stereocenters. The van der Waals surface area contributed by atoms with Gasteiger partial charge in [0.05, 0.1) is 23.4 Å². The zero-order valence-electron chi connectivity index (χ0n) is 16.7. The summed E-state index contributed by atoms with van der Waals surface area (Å²) in [5, 5.41) is 9.79. The third-order valence-corrected chi connectivity index (χ3v) is 7.18. The van der Waals surface area contributed by atoms with Crippen LogP contribution < -0.4 is 4.74 Å². The number of benzene rings is 1. The molecule has 9 heteroatoms. The van der Waals surface area contributed by atoms with Crippen LogP contribution in [-0.4, -0.2) is 49.5 Å². The lowest BCUT2D eigenvalue weighted by Crippen LogP contribution is -2.64. The van der Waals surface area contributed by atoms with Gasteiger partial charge in [0.2, 0.25) is 0 Å². The van der Waals surface area contributed by atoms with Crippen molar-refractivity contribution < 1.29 is 13.9 Å². The molecule has 156 valence electrons. The highest BCUT2D eigenvalue weighted by Crippen LogP contribution is 2.47. The molecule has 3 fully saturated rings. The number of aryl methyl sites for hydroxylation is 1. The molecule has 30 heavy (non-hydrogen) atoms. The molecule has 1 saturated carbocycles. The topological polar surface area (TPSA) is 73.1 Å². The molecular weight excluding hydrogens is 405 g/mol. The maximum Gasteiger partial charge on any atom is 0.276 e. The molecule has 4 heterocycles. The van der Waals surface area contributed by atoms with Crippen molar-refractivity contribution in [3.8, 4) is 10.8 Å². The van der Waals surface area contributed by atoms with E-state index in [-0.39, 0.29) is 23.8 Å². The molecule has 2 aliphatic heterocycles. The van der Waals surface area contributed by atoms with Gasteiger partial charge in [-0.3, -0.25) is 4.79 Å². The van der Waals surface area contributed by atoms with Crippen LogP contribution in [0.25, 0.3) is 5.00 Å². The van der Waals surface area contributed by atoms with E-state index in [0.717, 1.165) is 17.8 Å². The Hall–Kier alpha value is -2.81. The number of carbonyl (C=O) groups excluding carboxylic acids is 1. The first-order chi connectivity index (χ1) is 14.5. The Morgan fingerprint density at radius 3 is 2.63 bits per heavy atom. The Morgan fingerprint density at radius 2 is 1.93 bits per heavy atom. The van der Waals surface area contributed by atoms with Crippen LogP contribution in [0.5, 0.6) is 5.75 Å². The second-order valence-corrected chi connectivity index (χ2v) is 9.18. The van der Waals surface area contributed by atoms with Crippen molar-refractivity contribution in [1.29, 1.82) is 0 Å². The molecule has 2 bridgehead atoms. The predicted octanol–water partition coefficient (Wildman–Crippen LogP) is 3.49. The second-order valence-electron chi connectivity index (χ2n) is 7.99. The summed E-state index contributed by atoms with van der Waals surface area (Å²) in [5.41, 5.74) is 0.387. The highest BCUT2D eigenvalue weighted by molar-refractivity contribution is 7.14. The van der Waals surface area contributed by atoms with E-state index in [0.29, 0.717) is 34.9 Å². The number of hydrogen-bond acceptors (Lipinski definition) is 6. The first kappa shape index (κ1) is 19.2. The molecule has 1 aromatic carbocycles. The fourth-order valence-electron chi connectivity index (χ4n) is 4.52. The van der Waals surface area contributed by atoms with E-state index in [1.807, 2.05) is 11.8 Å². The summed E-state index contributed by atoms with van der Waals surface area (Å²) in [6, 6.07) is 6.10. The average molecular weight is 428 g/mol. The highest BCUT2D eigenvalue weighted by atomic mass is 32.1. The number of aromatic nitrogens is 4. The van der Waals surface area contributed by atoms with Crippen LogP contribution in [0.4, 0.5) is 4.39 Å². The minimum Gasteiger partial charge on any atom is -0.491 e. The van der Waals surface area contributed by atoms with Gasteiger partial charge in [-0.15, -0.1) is 4.80 Å². The molecule has 0 N–H and O–H groups in total. The van der Waals surface area contributed by atoms with E-state index >= 15 is 0 Å². The zero-order valence-corrected chi connectivity index (χ0v) is 17.6. The largest absolute Gasteiger partial charge is 0.491 e. The quantitative estimate of drug-likeness (QED) is 0.623. The predicted molar refractivity (Wildman–Crippen MR) is 109 cm³/mol.